The summed E-state index contributed by atoms with van der Waals surface area (Å²) in [6.45, 7) is 4.98. The lowest BCUT2D eigenvalue weighted by atomic mass is 10.1. The zero-order valence-corrected chi connectivity index (χ0v) is 24.2. The molecule has 1 N–H and O–H groups in total. The summed E-state index contributed by atoms with van der Waals surface area (Å²) >= 11 is 1.48. The average Bonchev–Trinajstić information content (AvgIpc) is 2.94. The summed E-state index contributed by atoms with van der Waals surface area (Å²) in [5.41, 5.74) is 1.45. The number of benzene rings is 3. The Labute approximate surface area is 234 Å². The minimum atomic E-state index is -4.16. The first-order valence-corrected chi connectivity index (χ1v) is 15.3. The third-order valence-electron chi connectivity index (χ3n) is 6.26. The van der Waals surface area contributed by atoms with Crippen LogP contribution in [0.1, 0.15) is 31.4 Å². The molecule has 0 radical (unpaired) electrons. The molecule has 39 heavy (non-hydrogen) atoms. The molecule has 3 rings (SSSR count). The molecule has 0 unspecified atom stereocenters. The van der Waals surface area contributed by atoms with Crippen LogP contribution in [-0.4, -0.2) is 50.5 Å². The van der Waals surface area contributed by atoms with E-state index in [4.69, 9.17) is 0 Å². The highest BCUT2D eigenvalue weighted by Gasteiger charge is 2.32. The summed E-state index contributed by atoms with van der Waals surface area (Å²) in [5.74, 6) is -1.56. The summed E-state index contributed by atoms with van der Waals surface area (Å²) < 4.78 is 43.3. The number of aryl methyl sites for hydroxylation is 1. The molecule has 0 heterocycles. The fourth-order valence-corrected chi connectivity index (χ4v) is 5.73. The first kappa shape index (κ1) is 30.2. The molecule has 2 amide bonds. The molecule has 0 spiro atoms. The van der Waals surface area contributed by atoms with Crippen molar-refractivity contribution in [3.63, 3.8) is 0 Å². The van der Waals surface area contributed by atoms with Crippen LogP contribution in [0.3, 0.4) is 0 Å². The molecular formula is C29H34FN3O4S2. The highest BCUT2D eigenvalue weighted by molar-refractivity contribution is 7.98. The van der Waals surface area contributed by atoms with Crippen molar-refractivity contribution >= 4 is 39.3 Å². The Kier molecular flexibility index (Phi) is 10.5. The van der Waals surface area contributed by atoms with Crippen molar-refractivity contribution in [3.05, 3.63) is 89.7 Å². The van der Waals surface area contributed by atoms with Gasteiger partial charge in [0.05, 0.1) is 10.6 Å². The predicted molar refractivity (Wildman–Crippen MR) is 154 cm³/mol. The number of rotatable bonds is 12. The fraction of sp³-hybridized carbons (Fsp3) is 0.310. The lowest BCUT2D eigenvalue weighted by Gasteiger charge is -2.32. The maximum Gasteiger partial charge on any atom is 0.264 e. The van der Waals surface area contributed by atoms with E-state index < -0.39 is 40.2 Å². The first-order valence-electron chi connectivity index (χ1n) is 12.6. The zero-order valence-electron chi connectivity index (χ0n) is 22.6. The van der Waals surface area contributed by atoms with Gasteiger partial charge in [0.15, 0.2) is 0 Å². The van der Waals surface area contributed by atoms with Crippen LogP contribution in [0.2, 0.25) is 0 Å². The van der Waals surface area contributed by atoms with Crippen LogP contribution in [0.4, 0.5) is 10.1 Å². The number of amides is 2. The maximum absolute atomic E-state index is 14.6. The third kappa shape index (κ3) is 7.60. The van der Waals surface area contributed by atoms with Crippen LogP contribution in [0, 0.1) is 12.7 Å². The van der Waals surface area contributed by atoms with E-state index in [0.29, 0.717) is 18.7 Å². The molecule has 3 aromatic rings. The van der Waals surface area contributed by atoms with Gasteiger partial charge in [0.1, 0.15) is 18.4 Å². The molecule has 1 atom stereocenters. The highest BCUT2D eigenvalue weighted by atomic mass is 32.2. The van der Waals surface area contributed by atoms with Crippen LogP contribution in [0.25, 0.3) is 0 Å². The minimum absolute atomic E-state index is 0.0306. The molecule has 0 bridgehead atoms. The van der Waals surface area contributed by atoms with Crippen LogP contribution in [-0.2, 0) is 26.2 Å². The number of hydrogen-bond donors (Lipinski definition) is 1. The third-order valence-corrected chi connectivity index (χ3v) is 8.79. The molecule has 7 nitrogen and oxygen atoms in total. The van der Waals surface area contributed by atoms with E-state index in [1.807, 2.05) is 20.1 Å². The Morgan fingerprint density at radius 3 is 2.23 bits per heavy atom. The molecule has 0 aromatic heterocycles. The number of carbonyl (C=O) groups excluding carboxylic acids is 2. The van der Waals surface area contributed by atoms with Crippen molar-refractivity contribution in [2.75, 3.05) is 23.7 Å². The van der Waals surface area contributed by atoms with E-state index >= 15 is 0 Å². The van der Waals surface area contributed by atoms with Gasteiger partial charge in [-0.15, -0.1) is 11.8 Å². The first-order chi connectivity index (χ1) is 18.6. The van der Waals surface area contributed by atoms with Crippen molar-refractivity contribution in [3.8, 4) is 0 Å². The van der Waals surface area contributed by atoms with Gasteiger partial charge >= 0.3 is 0 Å². The molecule has 0 aliphatic rings. The Morgan fingerprint density at radius 1 is 1.00 bits per heavy atom. The van der Waals surface area contributed by atoms with Gasteiger partial charge < -0.3 is 10.2 Å². The predicted octanol–water partition coefficient (Wildman–Crippen LogP) is 4.99. The van der Waals surface area contributed by atoms with Crippen molar-refractivity contribution < 1.29 is 22.4 Å². The average molecular weight is 572 g/mol. The molecular weight excluding hydrogens is 537 g/mol. The number of halogens is 1. The van der Waals surface area contributed by atoms with E-state index in [2.05, 4.69) is 5.32 Å². The SMILES string of the molecule is CCCNC(=O)[C@H](C)N(Cc1ccccc1F)C(=O)CN(c1ccc(C)cc1)S(=O)(=O)c1ccc(SC)cc1. The molecule has 10 heteroatoms. The minimum Gasteiger partial charge on any atom is -0.354 e. The quantitative estimate of drug-likeness (QED) is 0.310. The van der Waals surface area contributed by atoms with Crippen molar-refractivity contribution in [1.29, 1.82) is 0 Å². The van der Waals surface area contributed by atoms with Crippen LogP contribution >= 0.6 is 11.8 Å². The Balaban J connectivity index is 2.02. The molecule has 208 valence electrons. The number of sulfonamides is 1. The van der Waals surface area contributed by atoms with Crippen LogP contribution < -0.4 is 9.62 Å². The molecule has 0 saturated heterocycles. The Morgan fingerprint density at radius 2 is 1.64 bits per heavy atom. The lowest BCUT2D eigenvalue weighted by Crippen LogP contribution is -2.51. The van der Waals surface area contributed by atoms with Crippen molar-refractivity contribution in [2.45, 2.75) is 49.6 Å². The number of anilines is 1. The van der Waals surface area contributed by atoms with Gasteiger partial charge in [-0.05, 0) is 69.0 Å². The monoisotopic (exact) mass is 571 g/mol. The highest BCUT2D eigenvalue weighted by Crippen LogP contribution is 2.26. The van der Waals surface area contributed by atoms with Gasteiger partial charge in [0, 0.05) is 23.5 Å². The maximum atomic E-state index is 14.6. The smallest absolute Gasteiger partial charge is 0.264 e. The molecule has 0 aliphatic carbocycles. The number of carbonyl (C=O) groups is 2. The van der Waals surface area contributed by atoms with E-state index in [-0.39, 0.29) is 17.0 Å². The second kappa shape index (κ2) is 13.6. The van der Waals surface area contributed by atoms with E-state index in [9.17, 15) is 22.4 Å². The molecule has 0 aliphatic heterocycles. The van der Waals surface area contributed by atoms with E-state index in [1.54, 1.807) is 49.4 Å². The second-order valence-corrected chi connectivity index (χ2v) is 11.8. The summed E-state index contributed by atoms with van der Waals surface area (Å²) in [5, 5.41) is 2.77. The summed E-state index contributed by atoms with van der Waals surface area (Å²) in [6.07, 6.45) is 2.59. The molecule has 0 fully saturated rings. The van der Waals surface area contributed by atoms with E-state index in [1.165, 1.54) is 47.0 Å². The van der Waals surface area contributed by atoms with Gasteiger partial charge in [0.2, 0.25) is 11.8 Å². The Hall–Kier alpha value is -3.37. The van der Waals surface area contributed by atoms with Crippen molar-refractivity contribution in [1.82, 2.24) is 10.2 Å². The summed E-state index contributed by atoms with van der Waals surface area (Å²) in [6, 6.07) is 18.2. The lowest BCUT2D eigenvalue weighted by molar-refractivity contribution is -0.139. The second-order valence-electron chi connectivity index (χ2n) is 9.10. The van der Waals surface area contributed by atoms with E-state index in [0.717, 1.165) is 14.8 Å². The number of nitrogens with one attached hydrogen (secondary N) is 1. The topological polar surface area (TPSA) is 86.8 Å². The van der Waals surface area contributed by atoms with Gasteiger partial charge in [-0.3, -0.25) is 13.9 Å². The van der Waals surface area contributed by atoms with Gasteiger partial charge in [0.25, 0.3) is 10.0 Å². The molecule has 0 saturated carbocycles. The fourth-order valence-electron chi connectivity index (χ4n) is 3.90. The zero-order chi connectivity index (χ0) is 28.6. The number of thioether (sulfide) groups is 1. The van der Waals surface area contributed by atoms with Gasteiger partial charge in [-0.1, -0.05) is 42.8 Å². The summed E-state index contributed by atoms with van der Waals surface area (Å²) in [4.78, 5) is 28.8. The van der Waals surface area contributed by atoms with Crippen LogP contribution in [0.5, 0.6) is 0 Å². The summed E-state index contributed by atoms with van der Waals surface area (Å²) in [7, 11) is -4.16. The standard InChI is InChI=1S/C29H34FN3O4S2/c1-5-18-31-29(35)22(3)32(19-23-8-6-7-9-27(23)30)28(34)20-33(24-12-10-21(2)11-13-24)39(36,37)26-16-14-25(38-4)15-17-26/h6-17,22H,5,18-20H2,1-4H3,(H,31,35)/t22-/m0/s1. The normalized spacial score (nSPS) is 12.0. The number of hydrogen-bond acceptors (Lipinski definition) is 5. The largest absolute Gasteiger partial charge is 0.354 e. The Bertz CT molecular complexity index is 1380. The van der Waals surface area contributed by atoms with Crippen LogP contribution in [0.15, 0.2) is 82.6 Å². The molecule has 3 aromatic carbocycles. The number of nitrogens with zero attached hydrogens (tertiary/aromatic N) is 2. The van der Waals surface area contributed by atoms with Gasteiger partial charge in [-0.2, -0.15) is 0 Å². The van der Waals surface area contributed by atoms with Gasteiger partial charge in [-0.25, -0.2) is 12.8 Å². The van der Waals surface area contributed by atoms with Crippen molar-refractivity contribution in [2.24, 2.45) is 0 Å².